The van der Waals surface area contributed by atoms with E-state index >= 15 is 0 Å². The SMILES string of the molecule is O=C(NN1CCNCC1)c1cn(-c2ccc(C(F)(F)F)cc2)c(-c2ccccc2Cl)n1. The van der Waals surface area contributed by atoms with E-state index in [-0.39, 0.29) is 5.69 Å². The van der Waals surface area contributed by atoms with Crippen LogP contribution in [0, 0.1) is 0 Å². The topological polar surface area (TPSA) is 62.2 Å². The smallest absolute Gasteiger partial charge is 0.314 e. The van der Waals surface area contributed by atoms with Crippen LogP contribution in [0.1, 0.15) is 16.1 Å². The van der Waals surface area contributed by atoms with Gasteiger partial charge in [-0.25, -0.2) is 9.99 Å². The quantitative estimate of drug-likeness (QED) is 0.636. The third-order valence-corrected chi connectivity index (χ3v) is 5.23. The van der Waals surface area contributed by atoms with Crippen molar-refractivity contribution in [1.29, 1.82) is 0 Å². The number of halogens is 4. The maximum Gasteiger partial charge on any atom is 0.416 e. The number of carbonyl (C=O) groups is 1. The molecule has 3 aromatic rings. The summed E-state index contributed by atoms with van der Waals surface area (Å²) < 4.78 is 40.4. The predicted octanol–water partition coefficient (Wildman–Crippen LogP) is 3.76. The zero-order chi connectivity index (χ0) is 22.0. The second-order valence-electron chi connectivity index (χ2n) is 7.02. The van der Waals surface area contributed by atoms with Gasteiger partial charge in [-0.05, 0) is 36.4 Å². The van der Waals surface area contributed by atoms with Gasteiger partial charge in [0.15, 0.2) is 0 Å². The van der Waals surface area contributed by atoms with Gasteiger partial charge in [-0.3, -0.25) is 14.8 Å². The molecule has 6 nitrogen and oxygen atoms in total. The van der Waals surface area contributed by atoms with Crippen LogP contribution in [0.3, 0.4) is 0 Å². The van der Waals surface area contributed by atoms with Crippen molar-refractivity contribution < 1.29 is 18.0 Å². The minimum Gasteiger partial charge on any atom is -0.314 e. The van der Waals surface area contributed by atoms with Crippen molar-refractivity contribution in [2.45, 2.75) is 6.18 Å². The molecule has 2 N–H and O–H groups in total. The number of nitrogens with zero attached hydrogens (tertiary/aromatic N) is 3. The third kappa shape index (κ3) is 4.73. The lowest BCUT2D eigenvalue weighted by molar-refractivity contribution is -0.137. The highest BCUT2D eigenvalue weighted by Gasteiger charge is 2.30. The van der Waals surface area contributed by atoms with Crippen LogP contribution in [-0.4, -0.2) is 46.6 Å². The number of imidazole rings is 1. The average Bonchev–Trinajstić information content (AvgIpc) is 3.20. The number of amides is 1. The Balaban J connectivity index is 1.72. The molecule has 1 fully saturated rings. The summed E-state index contributed by atoms with van der Waals surface area (Å²) in [6, 6.07) is 11.6. The maximum atomic E-state index is 13.0. The fraction of sp³-hybridized carbons (Fsp3) is 0.238. The van der Waals surface area contributed by atoms with E-state index in [1.807, 2.05) is 0 Å². The van der Waals surface area contributed by atoms with Crippen LogP contribution in [0.25, 0.3) is 17.1 Å². The Labute approximate surface area is 181 Å². The number of alkyl halides is 3. The van der Waals surface area contributed by atoms with Crippen LogP contribution >= 0.6 is 11.6 Å². The highest BCUT2D eigenvalue weighted by atomic mass is 35.5. The molecular weight excluding hydrogens is 431 g/mol. The van der Waals surface area contributed by atoms with E-state index in [0.717, 1.165) is 25.2 Å². The molecule has 10 heteroatoms. The van der Waals surface area contributed by atoms with E-state index in [1.165, 1.54) is 18.3 Å². The van der Waals surface area contributed by atoms with E-state index in [2.05, 4.69) is 15.7 Å². The molecule has 162 valence electrons. The molecule has 2 heterocycles. The van der Waals surface area contributed by atoms with Crippen LogP contribution in [0.15, 0.2) is 54.7 Å². The van der Waals surface area contributed by atoms with E-state index in [4.69, 9.17) is 11.6 Å². The Bertz CT molecular complexity index is 1080. The Kier molecular flexibility index (Phi) is 5.99. The summed E-state index contributed by atoms with van der Waals surface area (Å²) >= 11 is 6.33. The van der Waals surface area contributed by atoms with E-state index in [0.29, 0.717) is 35.2 Å². The number of hydrazine groups is 1. The number of carbonyl (C=O) groups excluding carboxylic acids is 1. The standard InChI is InChI=1S/C21H19ClF3N5O/c22-17-4-2-1-3-16(17)19-27-18(20(31)28-29-11-9-26-10-12-29)13-30(19)15-7-5-14(6-8-15)21(23,24)25/h1-8,13,26H,9-12H2,(H,28,31). The van der Waals surface area contributed by atoms with E-state index < -0.39 is 17.6 Å². The Morgan fingerprint density at radius 1 is 1.06 bits per heavy atom. The highest BCUT2D eigenvalue weighted by Crippen LogP contribution is 2.32. The Morgan fingerprint density at radius 2 is 1.74 bits per heavy atom. The molecule has 0 bridgehead atoms. The van der Waals surface area contributed by atoms with Crippen molar-refractivity contribution in [3.05, 3.63) is 71.0 Å². The molecule has 0 aliphatic carbocycles. The van der Waals surface area contributed by atoms with Gasteiger partial charge in [-0.1, -0.05) is 23.7 Å². The predicted molar refractivity (Wildman–Crippen MR) is 111 cm³/mol. The Morgan fingerprint density at radius 3 is 2.39 bits per heavy atom. The van der Waals surface area contributed by atoms with Crippen molar-refractivity contribution >= 4 is 17.5 Å². The molecule has 0 saturated carbocycles. The highest BCUT2D eigenvalue weighted by molar-refractivity contribution is 6.33. The van der Waals surface area contributed by atoms with E-state index in [9.17, 15) is 18.0 Å². The molecule has 1 aliphatic rings. The first kappa shape index (κ1) is 21.4. The van der Waals surface area contributed by atoms with Gasteiger partial charge in [-0.2, -0.15) is 13.2 Å². The maximum absolute atomic E-state index is 13.0. The number of aromatic nitrogens is 2. The van der Waals surface area contributed by atoms with Crippen molar-refractivity contribution in [3.8, 4) is 17.1 Å². The monoisotopic (exact) mass is 449 g/mol. The molecule has 1 aromatic heterocycles. The van der Waals surface area contributed by atoms with E-state index in [1.54, 1.807) is 33.8 Å². The molecule has 0 unspecified atom stereocenters. The number of benzene rings is 2. The lowest BCUT2D eigenvalue weighted by Crippen LogP contribution is -2.52. The minimum atomic E-state index is -4.44. The number of nitrogens with one attached hydrogen (secondary N) is 2. The number of hydrogen-bond acceptors (Lipinski definition) is 4. The summed E-state index contributed by atoms with van der Waals surface area (Å²) in [4.78, 5) is 17.2. The van der Waals surface area contributed by atoms with Crippen LogP contribution in [0.4, 0.5) is 13.2 Å². The number of hydrogen-bond donors (Lipinski definition) is 2. The molecule has 0 spiro atoms. The first-order valence-electron chi connectivity index (χ1n) is 9.61. The van der Waals surface area contributed by atoms with Crippen molar-refractivity contribution in [3.63, 3.8) is 0 Å². The van der Waals surface area contributed by atoms with Crippen molar-refractivity contribution in [2.75, 3.05) is 26.2 Å². The van der Waals surface area contributed by atoms with Gasteiger partial charge in [0.25, 0.3) is 5.91 Å². The summed E-state index contributed by atoms with van der Waals surface area (Å²) in [7, 11) is 0. The fourth-order valence-corrected chi connectivity index (χ4v) is 3.53. The number of rotatable bonds is 4. The van der Waals surface area contributed by atoms with Crippen LogP contribution in [0.5, 0.6) is 0 Å². The molecule has 0 atom stereocenters. The summed E-state index contributed by atoms with van der Waals surface area (Å²) in [6.07, 6.45) is -2.94. The van der Waals surface area contributed by atoms with Gasteiger partial charge >= 0.3 is 6.18 Å². The molecule has 4 rings (SSSR count). The van der Waals surface area contributed by atoms with Crippen LogP contribution in [-0.2, 0) is 6.18 Å². The zero-order valence-electron chi connectivity index (χ0n) is 16.3. The third-order valence-electron chi connectivity index (χ3n) is 4.90. The molecule has 2 aromatic carbocycles. The summed E-state index contributed by atoms with van der Waals surface area (Å²) in [5.74, 6) is -0.0447. The molecular formula is C21H19ClF3N5O. The molecule has 0 radical (unpaired) electrons. The second kappa shape index (κ2) is 8.70. The molecule has 1 saturated heterocycles. The number of piperazine rings is 1. The summed E-state index contributed by atoms with van der Waals surface area (Å²) in [5, 5.41) is 5.41. The fourth-order valence-electron chi connectivity index (χ4n) is 3.31. The summed E-state index contributed by atoms with van der Waals surface area (Å²) in [5.41, 5.74) is 3.18. The first-order valence-corrected chi connectivity index (χ1v) is 9.99. The van der Waals surface area contributed by atoms with Gasteiger partial charge < -0.3 is 5.32 Å². The molecule has 1 aliphatic heterocycles. The van der Waals surface area contributed by atoms with Crippen LogP contribution in [0.2, 0.25) is 5.02 Å². The second-order valence-corrected chi connectivity index (χ2v) is 7.43. The normalized spacial score (nSPS) is 15.1. The van der Waals surface area contributed by atoms with Crippen molar-refractivity contribution in [2.24, 2.45) is 0 Å². The largest absolute Gasteiger partial charge is 0.416 e. The first-order chi connectivity index (χ1) is 14.8. The Hall–Kier alpha value is -2.88. The van der Waals surface area contributed by atoms with Gasteiger partial charge in [0.1, 0.15) is 11.5 Å². The lowest BCUT2D eigenvalue weighted by atomic mass is 10.2. The molecule has 31 heavy (non-hydrogen) atoms. The summed E-state index contributed by atoms with van der Waals surface area (Å²) in [6.45, 7) is 2.82. The van der Waals surface area contributed by atoms with Crippen LogP contribution < -0.4 is 10.7 Å². The lowest BCUT2D eigenvalue weighted by Gasteiger charge is -2.27. The van der Waals surface area contributed by atoms with Gasteiger partial charge in [-0.15, -0.1) is 0 Å². The van der Waals surface area contributed by atoms with Crippen molar-refractivity contribution in [1.82, 2.24) is 25.3 Å². The average molecular weight is 450 g/mol. The zero-order valence-corrected chi connectivity index (χ0v) is 17.0. The van der Waals surface area contributed by atoms with Gasteiger partial charge in [0, 0.05) is 43.6 Å². The van der Waals surface area contributed by atoms with Gasteiger partial charge in [0.05, 0.1) is 10.6 Å². The van der Waals surface area contributed by atoms with Gasteiger partial charge in [0.2, 0.25) is 0 Å². The molecule has 1 amide bonds. The minimum absolute atomic E-state index is 0.133.